The van der Waals surface area contributed by atoms with Crippen LogP contribution in [0.1, 0.15) is 46.0 Å². The molecule has 104 valence electrons. The van der Waals surface area contributed by atoms with Crippen LogP contribution in [0, 0.1) is 5.92 Å². The van der Waals surface area contributed by atoms with Crippen LogP contribution in [0.15, 0.2) is 0 Å². The van der Waals surface area contributed by atoms with Crippen LogP contribution in [0.5, 0.6) is 0 Å². The van der Waals surface area contributed by atoms with Crippen molar-refractivity contribution >= 4 is 0 Å². The highest BCUT2D eigenvalue weighted by Gasteiger charge is 2.38. The fourth-order valence-electron chi connectivity index (χ4n) is 4.02. The Kier molecular flexibility index (Phi) is 3.92. The number of rotatable bonds is 3. The molecule has 0 aromatic heterocycles. The molecular formula is C15H28N2O. The lowest BCUT2D eigenvalue weighted by molar-refractivity contribution is -0.0263. The van der Waals surface area contributed by atoms with E-state index in [4.69, 9.17) is 4.74 Å². The normalized spacial score (nSPS) is 41.5. The highest BCUT2D eigenvalue weighted by atomic mass is 16.5. The van der Waals surface area contributed by atoms with Crippen LogP contribution in [-0.2, 0) is 4.74 Å². The predicted octanol–water partition coefficient (Wildman–Crippen LogP) is 2.02. The molecule has 0 amide bonds. The number of nitrogens with zero attached hydrogens (tertiary/aromatic N) is 1. The minimum atomic E-state index is 0.470. The molecule has 3 rings (SSSR count). The Hall–Kier alpha value is -0.120. The molecule has 3 nitrogen and oxygen atoms in total. The Balaban J connectivity index is 1.53. The Bertz CT molecular complexity index is 282. The van der Waals surface area contributed by atoms with E-state index in [-0.39, 0.29) is 0 Å². The Labute approximate surface area is 111 Å². The van der Waals surface area contributed by atoms with Gasteiger partial charge < -0.3 is 10.1 Å². The quantitative estimate of drug-likeness (QED) is 0.831. The third kappa shape index (κ3) is 2.59. The van der Waals surface area contributed by atoms with Crippen molar-refractivity contribution in [1.29, 1.82) is 0 Å². The third-order valence-corrected chi connectivity index (χ3v) is 5.11. The Morgan fingerprint density at radius 1 is 1.17 bits per heavy atom. The molecule has 0 aromatic carbocycles. The standard InChI is InChI=1S/C15H28N2O/c1-11(2)15-10-12(6-9-18-15)16-13-5-8-17-7-3-4-14(13)17/h11-16H,3-10H2,1-2H3. The Morgan fingerprint density at radius 2 is 2.06 bits per heavy atom. The zero-order valence-electron chi connectivity index (χ0n) is 11.9. The minimum absolute atomic E-state index is 0.470. The molecule has 0 radical (unpaired) electrons. The van der Waals surface area contributed by atoms with Crippen LogP contribution in [0.4, 0.5) is 0 Å². The van der Waals surface area contributed by atoms with Crippen molar-refractivity contribution in [3.05, 3.63) is 0 Å². The molecule has 4 unspecified atom stereocenters. The minimum Gasteiger partial charge on any atom is -0.378 e. The fourth-order valence-corrected chi connectivity index (χ4v) is 4.02. The van der Waals surface area contributed by atoms with Crippen LogP contribution in [0.3, 0.4) is 0 Å². The van der Waals surface area contributed by atoms with E-state index >= 15 is 0 Å². The van der Waals surface area contributed by atoms with Crippen LogP contribution in [0.25, 0.3) is 0 Å². The van der Waals surface area contributed by atoms with Gasteiger partial charge in [-0.25, -0.2) is 0 Å². The van der Waals surface area contributed by atoms with Gasteiger partial charge in [-0.1, -0.05) is 13.8 Å². The van der Waals surface area contributed by atoms with Gasteiger partial charge in [0.05, 0.1) is 6.10 Å². The topological polar surface area (TPSA) is 24.5 Å². The van der Waals surface area contributed by atoms with Crippen molar-refractivity contribution in [3.63, 3.8) is 0 Å². The summed E-state index contributed by atoms with van der Waals surface area (Å²) in [4.78, 5) is 2.69. The number of hydrogen-bond donors (Lipinski definition) is 1. The summed E-state index contributed by atoms with van der Waals surface area (Å²) in [5, 5.41) is 3.95. The second-order valence-electron chi connectivity index (χ2n) is 6.68. The van der Waals surface area contributed by atoms with E-state index in [1.807, 2.05) is 0 Å². The van der Waals surface area contributed by atoms with Gasteiger partial charge in [0.15, 0.2) is 0 Å². The van der Waals surface area contributed by atoms with Crippen molar-refractivity contribution in [1.82, 2.24) is 10.2 Å². The molecule has 1 N–H and O–H groups in total. The first kappa shape index (κ1) is 12.9. The zero-order valence-corrected chi connectivity index (χ0v) is 11.9. The molecule has 3 heteroatoms. The van der Waals surface area contributed by atoms with Crippen molar-refractivity contribution < 1.29 is 4.74 Å². The van der Waals surface area contributed by atoms with E-state index < -0.39 is 0 Å². The molecular weight excluding hydrogens is 224 g/mol. The lowest BCUT2D eigenvalue weighted by Crippen LogP contribution is -2.48. The summed E-state index contributed by atoms with van der Waals surface area (Å²) in [6, 6.07) is 2.28. The third-order valence-electron chi connectivity index (χ3n) is 5.11. The maximum atomic E-state index is 5.87. The summed E-state index contributed by atoms with van der Waals surface area (Å²) in [5.74, 6) is 0.654. The second kappa shape index (κ2) is 5.48. The average Bonchev–Trinajstić information content (AvgIpc) is 2.94. The SMILES string of the molecule is CC(C)C1CC(NC2CCN3CCCC23)CCO1. The fraction of sp³-hybridized carbons (Fsp3) is 1.00. The van der Waals surface area contributed by atoms with Crippen molar-refractivity contribution in [3.8, 4) is 0 Å². The number of hydrogen-bond acceptors (Lipinski definition) is 3. The summed E-state index contributed by atoms with van der Waals surface area (Å²) in [6.45, 7) is 8.16. The molecule has 0 aliphatic carbocycles. The van der Waals surface area contributed by atoms with Gasteiger partial charge in [-0.05, 0) is 44.6 Å². The smallest absolute Gasteiger partial charge is 0.0612 e. The first-order valence-corrected chi connectivity index (χ1v) is 7.85. The summed E-state index contributed by atoms with van der Waals surface area (Å²) >= 11 is 0. The van der Waals surface area contributed by atoms with Crippen LogP contribution in [-0.4, -0.2) is 48.8 Å². The number of fused-ring (bicyclic) bond motifs is 1. The van der Waals surface area contributed by atoms with Gasteiger partial charge >= 0.3 is 0 Å². The second-order valence-corrected chi connectivity index (χ2v) is 6.68. The maximum Gasteiger partial charge on any atom is 0.0612 e. The number of nitrogens with one attached hydrogen (secondary N) is 1. The van der Waals surface area contributed by atoms with Crippen molar-refractivity contribution in [2.75, 3.05) is 19.7 Å². The Morgan fingerprint density at radius 3 is 2.89 bits per heavy atom. The monoisotopic (exact) mass is 252 g/mol. The molecule has 18 heavy (non-hydrogen) atoms. The highest BCUT2D eigenvalue weighted by molar-refractivity contribution is 4.97. The van der Waals surface area contributed by atoms with Gasteiger partial charge in [0, 0.05) is 31.3 Å². The largest absolute Gasteiger partial charge is 0.378 e. The summed E-state index contributed by atoms with van der Waals surface area (Å²) in [5.41, 5.74) is 0. The van der Waals surface area contributed by atoms with E-state index in [9.17, 15) is 0 Å². The summed E-state index contributed by atoms with van der Waals surface area (Å²) in [7, 11) is 0. The van der Waals surface area contributed by atoms with Gasteiger partial charge in [-0.3, -0.25) is 4.90 Å². The van der Waals surface area contributed by atoms with Crippen LogP contribution >= 0.6 is 0 Å². The zero-order chi connectivity index (χ0) is 12.5. The molecule has 0 saturated carbocycles. The van der Waals surface area contributed by atoms with Crippen molar-refractivity contribution in [2.24, 2.45) is 5.92 Å². The highest BCUT2D eigenvalue weighted by Crippen LogP contribution is 2.29. The molecule has 0 spiro atoms. The van der Waals surface area contributed by atoms with Gasteiger partial charge in [0.1, 0.15) is 0 Å². The van der Waals surface area contributed by atoms with E-state index in [0.717, 1.165) is 18.7 Å². The van der Waals surface area contributed by atoms with E-state index in [1.165, 1.54) is 45.2 Å². The molecule has 3 aliphatic rings. The maximum absolute atomic E-state index is 5.87. The van der Waals surface area contributed by atoms with E-state index in [0.29, 0.717) is 18.1 Å². The average molecular weight is 252 g/mol. The van der Waals surface area contributed by atoms with E-state index in [2.05, 4.69) is 24.1 Å². The molecule has 0 aromatic rings. The van der Waals surface area contributed by atoms with E-state index in [1.54, 1.807) is 0 Å². The van der Waals surface area contributed by atoms with Gasteiger partial charge in [0.2, 0.25) is 0 Å². The molecule has 3 fully saturated rings. The van der Waals surface area contributed by atoms with Gasteiger partial charge in [-0.15, -0.1) is 0 Å². The lowest BCUT2D eigenvalue weighted by Gasteiger charge is -2.35. The van der Waals surface area contributed by atoms with Crippen molar-refractivity contribution in [2.45, 2.75) is 70.2 Å². The lowest BCUT2D eigenvalue weighted by atomic mass is 9.94. The van der Waals surface area contributed by atoms with Gasteiger partial charge in [0.25, 0.3) is 0 Å². The molecule has 3 saturated heterocycles. The van der Waals surface area contributed by atoms with Gasteiger partial charge in [-0.2, -0.15) is 0 Å². The molecule has 0 bridgehead atoms. The predicted molar refractivity (Wildman–Crippen MR) is 73.7 cm³/mol. The molecule has 3 heterocycles. The van der Waals surface area contributed by atoms with Crippen LogP contribution < -0.4 is 5.32 Å². The first-order valence-electron chi connectivity index (χ1n) is 7.85. The molecule has 4 atom stereocenters. The molecule has 3 aliphatic heterocycles. The number of ether oxygens (including phenoxy) is 1. The first-order chi connectivity index (χ1) is 8.74. The van der Waals surface area contributed by atoms with Crippen LogP contribution in [0.2, 0.25) is 0 Å². The summed E-state index contributed by atoms with van der Waals surface area (Å²) in [6.07, 6.45) is 7.05. The summed E-state index contributed by atoms with van der Waals surface area (Å²) < 4.78 is 5.87.